The molecule has 0 aliphatic rings. The van der Waals surface area contributed by atoms with Gasteiger partial charge >= 0.3 is 11.9 Å². The lowest BCUT2D eigenvalue weighted by molar-refractivity contribution is -0.143. The van der Waals surface area contributed by atoms with Crippen molar-refractivity contribution in [1.82, 2.24) is 0 Å². The number of benzene rings is 1. The predicted octanol–water partition coefficient (Wildman–Crippen LogP) is 1.08. The molecule has 0 saturated carbocycles. The minimum Gasteiger partial charge on any atom is -0.491 e. The highest BCUT2D eigenvalue weighted by atomic mass is 19.1. The molecule has 21 heavy (non-hydrogen) atoms. The number of carbonyl (C=O) groups is 2. The van der Waals surface area contributed by atoms with Gasteiger partial charge in [-0.05, 0) is 30.5 Å². The Labute approximate surface area is 121 Å². The van der Waals surface area contributed by atoms with Crippen LogP contribution in [0.15, 0.2) is 24.3 Å². The fourth-order valence-electron chi connectivity index (χ4n) is 1.84. The highest BCUT2D eigenvalue weighted by molar-refractivity contribution is 5.76. The SMILES string of the molecule is N[C@@H](C[C@H](Cc1ccc(OCCF)cc1)C(=O)O)C(=O)O. The lowest BCUT2D eigenvalue weighted by Crippen LogP contribution is -2.35. The second-order valence-electron chi connectivity index (χ2n) is 4.60. The molecular formula is C14H18FNO5. The third kappa shape index (κ3) is 5.78. The summed E-state index contributed by atoms with van der Waals surface area (Å²) in [6.45, 7) is -0.625. The Hall–Kier alpha value is -2.15. The van der Waals surface area contributed by atoms with E-state index in [4.69, 9.17) is 20.7 Å². The number of hydrogen-bond donors (Lipinski definition) is 3. The van der Waals surface area contributed by atoms with Gasteiger partial charge in [-0.3, -0.25) is 9.59 Å². The molecule has 0 aliphatic carbocycles. The van der Waals surface area contributed by atoms with E-state index in [9.17, 15) is 14.0 Å². The molecule has 0 amide bonds. The van der Waals surface area contributed by atoms with Crippen molar-refractivity contribution in [3.63, 3.8) is 0 Å². The fourth-order valence-corrected chi connectivity index (χ4v) is 1.84. The number of aliphatic carboxylic acids is 2. The van der Waals surface area contributed by atoms with Gasteiger partial charge in [0.1, 0.15) is 25.1 Å². The lowest BCUT2D eigenvalue weighted by Gasteiger charge is -2.15. The summed E-state index contributed by atoms with van der Waals surface area (Å²) in [5.41, 5.74) is 6.08. The highest BCUT2D eigenvalue weighted by Crippen LogP contribution is 2.18. The van der Waals surface area contributed by atoms with E-state index in [2.05, 4.69) is 0 Å². The molecule has 0 saturated heterocycles. The van der Waals surface area contributed by atoms with Crippen molar-refractivity contribution < 1.29 is 28.9 Å². The smallest absolute Gasteiger partial charge is 0.320 e. The average Bonchev–Trinajstić information content (AvgIpc) is 2.45. The molecule has 6 nitrogen and oxygen atoms in total. The zero-order chi connectivity index (χ0) is 15.8. The highest BCUT2D eigenvalue weighted by Gasteiger charge is 2.24. The quantitative estimate of drug-likeness (QED) is 0.629. The van der Waals surface area contributed by atoms with Crippen LogP contribution in [0.5, 0.6) is 5.75 Å². The van der Waals surface area contributed by atoms with E-state index in [-0.39, 0.29) is 19.4 Å². The summed E-state index contributed by atoms with van der Waals surface area (Å²) in [7, 11) is 0. The molecule has 0 radical (unpaired) electrons. The summed E-state index contributed by atoms with van der Waals surface area (Å²) >= 11 is 0. The molecule has 2 atom stereocenters. The standard InChI is InChI=1S/C14H18FNO5/c15-5-6-21-11-3-1-9(2-4-11)7-10(13(17)18)8-12(16)14(19)20/h1-4,10,12H,5-8,16H2,(H,17,18)(H,19,20)/t10-,12-/m0/s1. The molecule has 0 bridgehead atoms. The van der Waals surface area contributed by atoms with Crippen LogP contribution in [0, 0.1) is 5.92 Å². The normalized spacial score (nSPS) is 13.4. The van der Waals surface area contributed by atoms with Crippen molar-refractivity contribution in [3.8, 4) is 5.75 Å². The van der Waals surface area contributed by atoms with E-state index >= 15 is 0 Å². The van der Waals surface area contributed by atoms with Gasteiger partial charge in [0.2, 0.25) is 0 Å². The first-order valence-corrected chi connectivity index (χ1v) is 6.43. The van der Waals surface area contributed by atoms with Gasteiger partial charge < -0.3 is 20.7 Å². The van der Waals surface area contributed by atoms with Crippen molar-refractivity contribution >= 4 is 11.9 Å². The van der Waals surface area contributed by atoms with Gasteiger partial charge in [-0.15, -0.1) is 0 Å². The summed E-state index contributed by atoms with van der Waals surface area (Å²) in [5, 5.41) is 17.9. The van der Waals surface area contributed by atoms with Crippen molar-refractivity contribution in [1.29, 1.82) is 0 Å². The van der Waals surface area contributed by atoms with Crippen molar-refractivity contribution in [3.05, 3.63) is 29.8 Å². The summed E-state index contributed by atoms with van der Waals surface area (Å²) < 4.78 is 17.0. The average molecular weight is 299 g/mol. The second kappa shape index (κ2) is 8.21. The van der Waals surface area contributed by atoms with Crippen molar-refractivity contribution in [2.75, 3.05) is 13.3 Å². The maximum atomic E-state index is 12.0. The molecule has 0 spiro atoms. The van der Waals surface area contributed by atoms with E-state index in [1.165, 1.54) is 0 Å². The first-order valence-electron chi connectivity index (χ1n) is 6.43. The molecule has 0 aromatic heterocycles. The molecule has 0 heterocycles. The fraction of sp³-hybridized carbons (Fsp3) is 0.429. The van der Waals surface area contributed by atoms with Crippen LogP contribution < -0.4 is 10.5 Å². The number of carboxylic acids is 2. The van der Waals surface area contributed by atoms with Gasteiger partial charge in [0.15, 0.2) is 0 Å². The Morgan fingerprint density at radius 1 is 1.19 bits per heavy atom. The Kier molecular flexibility index (Phi) is 6.61. The molecule has 7 heteroatoms. The summed E-state index contributed by atoms with van der Waals surface area (Å²) in [6, 6.07) is 5.34. The van der Waals surface area contributed by atoms with Gasteiger partial charge in [0, 0.05) is 0 Å². The van der Waals surface area contributed by atoms with Crippen molar-refractivity contribution in [2.24, 2.45) is 11.7 Å². The van der Waals surface area contributed by atoms with Gasteiger partial charge in [0.05, 0.1) is 5.92 Å². The number of rotatable bonds is 9. The Bertz CT molecular complexity index is 477. The van der Waals surface area contributed by atoms with Crippen LogP contribution in [0.2, 0.25) is 0 Å². The Balaban J connectivity index is 2.66. The molecule has 116 valence electrons. The maximum absolute atomic E-state index is 12.0. The van der Waals surface area contributed by atoms with Gasteiger partial charge in [-0.2, -0.15) is 0 Å². The van der Waals surface area contributed by atoms with E-state index in [1.54, 1.807) is 24.3 Å². The minimum absolute atomic E-state index is 0.0371. The van der Waals surface area contributed by atoms with Crippen LogP contribution in [0.1, 0.15) is 12.0 Å². The van der Waals surface area contributed by atoms with E-state index in [0.29, 0.717) is 11.3 Å². The monoisotopic (exact) mass is 299 g/mol. The summed E-state index contributed by atoms with van der Waals surface area (Å²) in [6.07, 6.45) is 0.0183. The van der Waals surface area contributed by atoms with E-state index in [0.717, 1.165) is 0 Å². The van der Waals surface area contributed by atoms with E-state index in [1.807, 2.05) is 0 Å². The summed E-state index contributed by atoms with van der Waals surface area (Å²) in [5.74, 6) is -2.71. The third-order valence-corrected chi connectivity index (χ3v) is 2.96. The molecule has 0 aliphatic heterocycles. The molecule has 0 unspecified atom stereocenters. The third-order valence-electron chi connectivity index (χ3n) is 2.96. The molecular weight excluding hydrogens is 281 g/mol. The Morgan fingerprint density at radius 2 is 1.81 bits per heavy atom. The number of hydrogen-bond acceptors (Lipinski definition) is 4. The van der Waals surface area contributed by atoms with Crippen LogP contribution in [-0.2, 0) is 16.0 Å². The molecule has 1 rings (SSSR count). The van der Waals surface area contributed by atoms with Crippen LogP contribution >= 0.6 is 0 Å². The first kappa shape index (κ1) is 16.9. The number of alkyl halides is 1. The molecule has 0 fully saturated rings. The minimum atomic E-state index is -1.23. The topological polar surface area (TPSA) is 110 Å². The zero-order valence-corrected chi connectivity index (χ0v) is 11.4. The second-order valence-corrected chi connectivity index (χ2v) is 4.60. The maximum Gasteiger partial charge on any atom is 0.320 e. The lowest BCUT2D eigenvalue weighted by atomic mass is 9.93. The first-order chi connectivity index (χ1) is 9.93. The molecule has 1 aromatic carbocycles. The number of halogens is 1. The molecule has 1 aromatic rings. The van der Waals surface area contributed by atoms with Crippen LogP contribution in [-0.4, -0.2) is 41.5 Å². The number of ether oxygens (including phenoxy) is 1. The van der Waals surface area contributed by atoms with Crippen LogP contribution in [0.4, 0.5) is 4.39 Å². The van der Waals surface area contributed by atoms with Gasteiger partial charge in [0.25, 0.3) is 0 Å². The summed E-state index contributed by atoms with van der Waals surface area (Å²) in [4.78, 5) is 21.8. The predicted molar refractivity (Wildman–Crippen MR) is 73.0 cm³/mol. The largest absolute Gasteiger partial charge is 0.491 e. The number of carboxylic acid groups (broad SMARTS) is 2. The van der Waals surface area contributed by atoms with Gasteiger partial charge in [-0.1, -0.05) is 12.1 Å². The zero-order valence-electron chi connectivity index (χ0n) is 11.4. The van der Waals surface area contributed by atoms with Crippen LogP contribution in [0.25, 0.3) is 0 Å². The van der Waals surface area contributed by atoms with Crippen molar-refractivity contribution in [2.45, 2.75) is 18.9 Å². The van der Waals surface area contributed by atoms with Gasteiger partial charge in [-0.25, -0.2) is 4.39 Å². The van der Waals surface area contributed by atoms with E-state index < -0.39 is 30.6 Å². The van der Waals surface area contributed by atoms with Crippen LogP contribution in [0.3, 0.4) is 0 Å². The molecule has 4 N–H and O–H groups in total. The number of nitrogens with two attached hydrogens (primary N) is 1. The Morgan fingerprint density at radius 3 is 2.29 bits per heavy atom.